The van der Waals surface area contributed by atoms with E-state index in [1.54, 1.807) is 14.0 Å². The zero-order valence-electron chi connectivity index (χ0n) is 22.7. The molecule has 2 rings (SSSR count). The topological polar surface area (TPSA) is 113 Å². The van der Waals surface area contributed by atoms with Crippen molar-refractivity contribution in [3.63, 3.8) is 0 Å². The highest BCUT2D eigenvalue weighted by atomic mass is 31.2. The molecule has 2 N–H and O–H groups in total. The van der Waals surface area contributed by atoms with Crippen LogP contribution in [0.15, 0.2) is 15.8 Å². The van der Waals surface area contributed by atoms with Crippen LogP contribution in [0.1, 0.15) is 59.3 Å². The van der Waals surface area contributed by atoms with Crippen molar-refractivity contribution in [1.29, 1.82) is 0 Å². The Hall–Kier alpha value is -0.913. The maximum absolute atomic E-state index is 12.5. The number of nitrogens with zero attached hydrogens (tertiary/aromatic N) is 1. The zero-order valence-corrected chi connectivity index (χ0v) is 24.6. The van der Waals surface area contributed by atoms with Crippen LogP contribution in [0.2, 0.25) is 18.1 Å². The molecule has 0 radical (unpaired) electrons. The van der Waals surface area contributed by atoms with E-state index < -0.39 is 46.6 Å². The number of aromatic nitrogens is 2. The van der Waals surface area contributed by atoms with Crippen molar-refractivity contribution in [2.75, 3.05) is 26.9 Å². The summed E-state index contributed by atoms with van der Waals surface area (Å²) in [6.07, 6.45) is 1.34. The average Bonchev–Trinajstić information content (AvgIpc) is 3.15. The smallest absolute Gasteiger partial charge is 0.332 e. The quantitative estimate of drug-likeness (QED) is 0.224. The molecule has 2 heterocycles. The van der Waals surface area contributed by atoms with Gasteiger partial charge in [0.25, 0.3) is 5.56 Å². The van der Waals surface area contributed by atoms with E-state index in [1.807, 2.05) is 0 Å². The lowest BCUT2D eigenvalue weighted by Gasteiger charge is -2.37. The highest BCUT2D eigenvalue weighted by molar-refractivity contribution is 7.41. The van der Waals surface area contributed by atoms with Crippen molar-refractivity contribution in [2.45, 2.75) is 97.0 Å². The van der Waals surface area contributed by atoms with E-state index in [0.29, 0.717) is 31.2 Å². The Balaban J connectivity index is 2.13. The molecule has 1 aromatic rings. The van der Waals surface area contributed by atoms with E-state index in [2.05, 4.69) is 58.0 Å². The largest absolute Gasteiger partial charge is 0.414 e. The van der Waals surface area contributed by atoms with Gasteiger partial charge in [-0.2, -0.15) is 0 Å². The minimum absolute atomic E-state index is 0.0423. The standard InChI is InChI=1S/C23H44N3O7PSi/c1-16(2)24-11-10-12-30-34(29-7)33-18-13-20(26-14-17(3)21(27)25-22(26)28)32-19(18)15-31-35(8,9)23(4,5)6/h14,16,18-20,24H,10-13,15H2,1-9H3,(H,25,27,28). The number of aromatic amines is 1. The van der Waals surface area contributed by atoms with Gasteiger partial charge >= 0.3 is 14.3 Å². The number of hydrogen-bond acceptors (Lipinski definition) is 8. The summed E-state index contributed by atoms with van der Waals surface area (Å²) in [7, 11) is -2.07. The molecule has 0 saturated carbocycles. The van der Waals surface area contributed by atoms with Gasteiger partial charge in [0.2, 0.25) is 0 Å². The molecule has 1 aliphatic rings. The summed E-state index contributed by atoms with van der Waals surface area (Å²) in [4.78, 5) is 26.7. The van der Waals surface area contributed by atoms with E-state index in [-0.39, 0.29) is 5.04 Å². The third kappa shape index (κ3) is 8.86. The maximum Gasteiger partial charge on any atom is 0.332 e. The minimum atomic E-state index is -2.03. The summed E-state index contributed by atoms with van der Waals surface area (Å²) < 4.78 is 31.7. The second kappa shape index (κ2) is 13.1. The van der Waals surface area contributed by atoms with Crippen LogP contribution in [0.25, 0.3) is 0 Å². The summed E-state index contributed by atoms with van der Waals surface area (Å²) in [5.74, 6) is 0. The minimum Gasteiger partial charge on any atom is -0.414 e. The molecule has 12 heteroatoms. The highest BCUT2D eigenvalue weighted by Crippen LogP contribution is 2.45. The Labute approximate surface area is 211 Å². The van der Waals surface area contributed by atoms with E-state index in [4.69, 9.17) is 22.7 Å². The van der Waals surface area contributed by atoms with Crippen LogP contribution in [0.3, 0.4) is 0 Å². The number of rotatable bonds is 13. The van der Waals surface area contributed by atoms with Crippen LogP contribution in [-0.4, -0.2) is 63.0 Å². The molecule has 202 valence electrons. The Kier molecular flexibility index (Phi) is 11.3. The predicted molar refractivity (Wildman–Crippen MR) is 140 cm³/mol. The number of hydrogen-bond donors (Lipinski definition) is 2. The Morgan fingerprint density at radius 2 is 2.00 bits per heavy atom. The average molecular weight is 534 g/mol. The van der Waals surface area contributed by atoms with Crippen molar-refractivity contribution in [2.24, 2.45) is 0 Å². The molecule has 0 amide bonds. The van der Waals surface area contributed by atoms with Gasteiger partial charge in [0.15, 0.2) is 8.32 Å². The highest BCUT2D eigenvalue weighted by Gasteiger charge is 2.43. The molecule has 4 unspecified atom stereocenters. The van der Waals surface area contributed by atoms with Crippen LogP contribution in [0.4, 0.5) is 0 Å². The lowest BCUT2D eigenvalue weighted by Crippen LogP contribution is -2.44. The summed E-state index contributed by atoms with van der Waals surface area (Å²) in [6.45, 7) is 18.4. The first-order valence-corrected chi connectivity index (χ1v) is 16.2. The predicted octanol–water partition coefficient (Wildman–Crippen LogP) is 3.82. The van der Waals surface area contributed by atoms with Crippen molar-refractivity contribution >= 4 is 16.9 Å². The molecule has 1 aromatic heterocycles. The fourth-order valence-corrected chi connectivity index (χ4v) is 5.27. The SMILES string of the molecule is COP(OCCCNC(C)C)OC1CC(n2cc(C)c(=O)[nH]c2=O)OC1CO[Si](C)(C)C(C)(C)C. The summed E-state index contributed by atoms with van der Waals surface area (Å²) >= 11 is 0. The number of H-pyrrole nitrogens is 1. The molecular formula is C23H44N3O7PSi. The van der Waals surface area contributed by atoms with Crippen molar-refractivity contribution < 1.29 is 22.7 Å². The Bertz CT molecular complexity index is 916. The molecule has 0 bridgehead atoms. The summed E-state index contributed by atoms with van der Waals surface area (Å²) in [5, 5.41) is 3.40. The van der Waals surface area contributed by atoms with Gasteiger partial charge in [0.1, 0.15) is 12.3 Å². The maximum atomic E-state index is 12.5. The number of ether oxygens (including phenoxy) is 1. The molecule has 0 spiro atoms. The second-order valence-corrected chi connectivity index (χ2v) is 16.9. The zero-order chi connectivity index (χ0) is 26.4. The van der Waals surface area contributed by atoms with Crippen molar-refractivity contribution in [3.8, 4) is 0 Å². The molecule has 35 heavy (non-hydrogen) atoms. The number of aryl methyl sites for hydroxylation is 1. The lowest BCUT2D eigenvalue weighted by molar-refractivity contribution is -0.0418. The first-order valence-electron chi connectivity index (χ1n) is 12.2. The van der Waals surface area contributed by atoms with Crippen LogP contribution in [-0.2, 0) is 22.7 Å². The van der Waals surface area contributed by atoms with Crippen LogP contribution >= 0.6 is 8.60 Å². The van der Waals surface area contributed by atoms with Crippen molar-refractivity contribution in [3.05, 3.63) is 32.6 Å². The van der Waals surface area contributed by atoms with Gasteiger partial charge in [-0.15, -0.1) is 0 Å². The Morgan fingerprint density at radius 3 is 2.60 bits per heavy atom. The monoisotopic (exact) mass is 533 g/mol. The fraction of sp³-hybridized carbons (Fsp3) is 0.826. The molecule has 0 aliphatic carbocycles. The molecule has 1 saturated heterocycles. The van der Waals surface area contributed by atoms with Gasteiger partial charge in [-0.1, -0.05) is 34.6 Å². The number of nitrogens with one attached hydrogen (secondary N) is 2. The van der Waals surface area contributed by atoms with Gasteiger partial charge < -0.3 is 28.1 Å². The second-order valence-electron chi connectivity index (χ2n) is 10.8. The fourth-order valence-electron chi connectivity index (χ4n) is 3.28. The van der Waals surface area contributed by atoms with Gasteiger partial charge in [0.05, 0.1) is 19.3 Å². The first kappa shape index (κ1) is 30.3. The van der Waals surface area contributed by atoms with E-state index >= 15 is 0 Å². The third-order valence-electron chi connectivity index (χ3n) is 6.49. The van der Waals surface area contributed by atoms with E-state index in [9.17, 15) is 9.59 Å². The van der Waals surface area contributed by atoms with E-state index in [1.165, 1.54) is 10.8 Å². The molecule has 10 nitrogen and oxygen atoms in total. The molecule has 4 atom stereocenters. The summed E-state index contributed by atoms with van der Waals surface area (Å²) in [5.41, 5.74) is -0.486. The molecule has 1 aliphatic heterocycles. The van der Waals surface area contributed by atoms with Crippen molar-refractivity contribution in [1.82, 2.24) is 14.9 Å². The Morgan fingerprint density at radius 1 is 1.31 bits per heavy atom. The molecular weight excluding hydrogens is 489 g/mol. The van der Waals surface area contributed by atoms with Gasteiger partial charge in [-0.25, -0.2) is 4.79 Å². The van der Waals surface area contributed by atoms with Crippen LogP contribution < -0.4 is 16.6 Å². The van der Waals surface area contributed by atoms with Crippen LogP contribution in [0, 0.1) is 6.92 Å². The lowest BCUT2D eigenvalue weighted by atomic mass is 10.2. The van der Waals surface area contributed by atoms with Gasteiger partial charge in [0, 0.05) is 31.3 Å². The summed E-state index contributed by atoms with van der Waals surface area (Å²) in [6, 6.07) is 0.421. The van der Waals surface area contributed by atoms with E-state index in [0.717, 1.165) is 13.0 Å². The van der Waals surface area contributed by atoms with Gasteiger partial charge in [-0.05, 0) is 38.0 Å². The molecule has 1 fully saturated rings. The van der Waals surface area contributed by atoms with Crippen LogP contribution in [0.5, 0.6) is 0 Å². The normalized spacial score (nSPS) is 22.2. The first-order chi connectivity index (χ1) is 16.2. The third-order valence-corrected chi connectivity index (χ3v) is 12.1. The van der Waals surface area contributed by atoms with Gasteiger partial charge in [-0.3, -0.25) is 14.3 Å². The molecule has 0 aromatic carbocycles.